The Bertz CT molecular complexity index is 129. The molecule has 0 rings (SSSR count). The summed E-state index contributed by atoms with van der Waals surface area (Å²) in [6, 6.07) is 0. The average molecular weight is 150 g/mol. The highest BCUT2D eigenvalue weighted by molar-refractivity contribution is 5.68. The predicted octanol–water partition coefficient (Wildman–Crippen LogP) is 0.956. The number of hydrogen-bond acceptors (Lipinski definition) is 3. The summed E-state index contributed by atoms with van der Waals surface area (Å²) in [5.74, 6) is -1.13. The summed E-state index contributed by atoms with van der Waals surface area (Å²) in [5, 5.41) is 8.08. The summed E-state index contributed by atoms with van der Waals surface area (Å²) in [5.41, 5.74) is 0. The fraction of sp³-hybridized carbons (Fsp3) is 0.600. The fourth-order valence-electron chi connectivity index (χ4n) is 0.446. The van der Waals surface area contributed by atoms with Gasteiger partial charge in [-0.15, -0.1) is 4.39 Å². The van der Waals surface area contributed by atoms with E-state index < -0.39 is 18.3 Å². The number of aliphatic carboxylic acids is 1. The molecule has 0 aromatic rings. The van der Waals surface area contributed by atoms with Gasteiger partial charge in [-0.1, -0.05) is 0 Å². The standard InChI is InChI=1S/C5H7FO4/c1-3(2-4(7)8)10-5(6)9/h3H,2H2,1H3,(H,7,8). The molecule has 4 nitrogen and oxygen atoms in total. The number of hydrogen-bond donors (Lipinski definition) is 1. The lowest BCUT2D eigenvalue weighted by Gasteiger charge is -2.04. The first-order valence-electron chi connectivity index (χ1n) is 2.60. The molecule has 58 valence electrons. The maximum Gasteiger partial charge on any atom is 0.495 e. The molecule has 0 aromatic carbocycles. The predicted molar refractivity (Wildman–Crippen MR) is 29.3 cm³/mol. The summed E-state index contributed by atoms with van der Waals surface area (Å²) >= 11 is 0. The third-order valence-electron chi connectivity index (χ3n) is 0.756. The van der Waals surface area contributed by atoms with E-state index in [1.54, 1.807) is 0 Å². The van der Waals surface area contributed by atoms with Crippen LogP contribution in [-0.2, 0) is 9.53 Å². The van der Waals surface area contributed by atoms with Crippen molar-refractivity contribution < 1.29 is 23.8 Å². The molecule has 0 radical (unpaired) electrons. The zero-order valence-corrected chi connectivity index (χ0v) is 5.33. The number of carboxylic acids is 1. The number of halogens is 1. The third-order valence-corrected chi connectivity index (χ3v) is 0.756. The molecule has 0 aromatic heterocycles. The van der Waals surface area contributed by atoms with Gasteiger partial charge in [0.05, 0.1) is 6.42 Å². The van der Waals surface area contributed by atoms with Gasteiger partial charge in [-0.25, -0.2) is 4.79 Å². The van der Waals surface area contributed by atoms with Crippen molar-refractivity contribution in [1.82, 2.24) is 0 Å². The topological polar surface area (TPSA) is 63.6 Å². The summed E-state index contributed by atoms with van der Waals surface area (Å²) in [4.78, 5) is 19.4. The lowest BCUT2D eigenvalue weighted by atomic mass is 10.3. The Labute approximate surface area is 56.6 Å². The Morgan fingerprint density at radius 3 is 2.50 bits per heavy atom. The van der Waals surface area contributed by atoms with Crippen molar-refractivity contribution in [2.75, 3.05) is 0 Å². The molecular formula is C5H7FO4. The van der Waals surface area contributed by atoms with Crippen LogP contribution in [0.25, 0.3) is 0 Å². The van der Waals surface area contributed by atoms with Crippen LogP contribution >= 0.6 is 0 Å². The molecule has 0 bridgehead atoms. The van der Waals surface area contributed by atoms with Gasteiger partial charge < -0.3 is 9.84 Å². The number of carbonyl (C=O) groups is 2. The summed E-state index contributed by atoms with van der Waals surface area (Å²) in [6.07, 6.45) is -3.24. The third kappa shape index (κ3) is 5.02. The second-order valence-electron chi connectivity index (χ2n) is 1.76. The van der Waals surface area contributed by atoms with E-state index in [1.807, 2.05) is 0 Å². The quantitative estimate of drug-likeness (QED) is 0.608. The van der Waals surface area contributed by atoms with Gasteiger partial charge in [0.2, 0.25) is 0 Å². The van der Waals surface area contributed by atoms with E-state index in [-0.39, 0.29) is 6.42 Å². The van der Waals surface area contributed by atoms with Crippen LogP contribution in [0.5, 0.6) is 0 Å². The average Bonchev–Trinajstić information content (AvgIpc) is 1.58. The monoisotopic (exact) mass is 150 g/mol. The van der Waals surface area contributed by atoms with Crippen LogP contribution in [0.1, 0.15) is 13.3 Å². The molecule has 0 aliphatic heterocycles. The highest BCUT2D eigenvalue weighted by atomic mass is 19.1. The van der Waals surface area contributed by atoms with Crippen molar-refractivity contribution in [3.8, 4) is 0 Å². The minimum Gasteiger partial charge on any atom is -0.481 e. The number of carboxylic acid groups (broad SMARTS) is 1. The summed E-state index contributed by atoms with van der Waals surface area (Å²) in [7, 11) is 0. The van der Waals surface area contributed by atoms with Crippen LogP contribution in [-0.4, -0.2) is 23.4 Å². The minimum absolute atomic E-state index is 0.379. The first-order valence-corrected chi connectivity index (χ1v) is 2.60. The lowest BCUT2D eigenvalue weighted by molar-refractivity contribution is -0.139. The van der Waals surface area contributed by atoms with Gasteiger partial charge in [0.25, 0.3) is 0 Å². The number of carbonyl (C=O) groups excluding carboxylic acids is 1. The van der Waals surface area contributed by atoms with Gasteiger partial charge in [-0.05, 0) is 6.92 Å². The van der Waals surface area contributed by atoms with Crippen molar-refractivity contribution in [2.24, 2.45) is 0 Å². The first kappa shape index (κ1) is 8.87. The molecule has 0 saturated heterocycles. The van der Waals surface area contributed by atoms with Crippen molar-refractivity contribution in [1.29, 1.82) is 0 Å². The first-order chi connectivity index (χ1) is 4.52. The van der Waals surface area contributed by atoms with Crippen LogP contribution < -0.4 is 0 Å². The fourth-order valence-corrected chi connectivity index (χ4v) is 0.446. The van der Waals surface area contributed by atoms with E-state index >= 15 is 0 Å². The zero-order valence-electron chi connectivity index (χ0n) is 5.33. The van der Waals surface area contributed by atoms with E-state index in [0.717, 1.165) is 0 Å². The van der Waals surface area contributed by atoms with Crippen molar-refractivity contribution >= 4 is 12.2 Å². The van der Waals surface area contributed by atoms with E-state index in [0.29, 0.717) is 0 Å². The molecule has 1 N–H and O–H groups in total. The second-order valence-corrected chi connectivity index (χ2v) is 1.76. The Hall–Kier alpha value is -1.13. The molecule has 0 aliphatic rings. The van der Waals surface area contributed by atoms with Crippen LogP contribution in [0.15, 0.2) is 0 Å². The van der Waals surface area contributed by atoms with Gasteiger partial charge in [0.1, 0.15) is 6.10 Å². The molecule has 10 heavy (non-hydrogen) atoms. The largest absolute Gasteiger partial charge is 0.495 e. The molecule has 0 fully saturated rings. The van der Waals surface area contributed by atoms with Crippen molar-refractivity contribution in [3.05, 3.63) is 0 Å². The molecule has 1 unspecified atom stereocenters. The minimum atomic E-state index is -1.95. The Balaban J connectivity index is 3.53. The SMILES string of the molecule is CC(CC(=O)O)OC(=O)F. The molecular weight excluding hydrogens is 143 g/mol. The van der Waals surface area contributed by atoms with Gasteiger partial charge in [-0.3, -0.25) is 4.79 Å². The summed E-state index contributed by atoms with van der Waals surface area (Å²) in [6.45, 7) is 1.30. The van der Waals surface area contributed by atoms with Crippen LogP contribution in [0.2, 0.25) is 0 Å². The molecule has 0 amide bonds. The van der Waals surface area contributed by atoms with Crippen LogP contribution in [0, 0.1) is 0 Å². The highest BCUT2D eigenvalue weighted by Gasteiger charge is 2.11. The van der Waals surface area contributed by atoms with Gasteiger partial charge in [-0.2, -0.15) is 0 Å². The van der Waals surface area contributed by atoms with Crippen LogP contribution in [0.4, 0.5) is 9.18 Å². The zero-order chi connectivity index (χ0) is 8.15. The highest BCUT2D eigenvalue weighted by Crippen LogP contribution is 1.98. The van der Waals surface area contributed by atoms with Crippen molar-refractivity contribution in [2.45, 2.75) is 19.4 Å². The van der Waals surface area contributed by atoms with E-state index in [1.165, 1.54) is 6.92 Å². The van der Waals surface area contributed by atoms with E-state index in [2.05, 4.69) is 4.74 Å². The van der Waals surface area contributed by atoms with Gasteiger partial charge >= 0.3 is 12.2 Å². The maximum atomic E-state index is 11.3. The normalized spacial score (nSPS) is 12.2. The number of rotatable bonds is 3. The molecule has 0 aliphatic carbocycles. The number of ether oxygens (including phenoxy) is 1. The summed E-state index contributed by atoms with van der Waals surface area (Å²) < 4.78 is 15.2. The molecule has 5 heteroatoms. The Morgan fingerprint density at radius 2 is 2.20 bits per heavy atom. The molecule has 0 saturated carbocycles. The van der Waals surface area contributed by atoms with E-state index in [9.17, 15) is 14.0 Å². The van der Waals surface area contributed by atoms with Gasteiger partial charge in [0.15, 0.2) is 0 Å². The lowest BCUT2D eigenvalue weighted by Crippen LogP contribution is -2.14. The van der Waals surface area contributed by atoms with Crippen molar-refractivity contribution in [3.63, 3.8) is 0 Å². The van der Waals surface area contributed by atoms with Gasteiger partial charge in [0, 0.05) is 0 Å². The smallest absolute Gasteiger partial charge is 0.481 e. The van der Waals surface area contributed by atoms with E-state index in [4.69, 9.17) is 5.11 Å². The maximum absolute atomic E-state index is 11.3. The Kier molecular flexibility index (Phi) is 3.38. The second kappa shape index (κ2) is 3.81. The molecule has 0 spiro atoms. The Morgan fingerprint density at radius 1 is 1.70 bits per heavy atom. The molecule has 1 atom stereocenters. The van der Waals surface area contributed by atoms with Crippen LogP contribution in [0.3, 0.4) is 0 Å². The molecule has 0 heterocycles.